The first-order chi connectivity index (χ1) is 5.26. The Labute approximate surface area is 67.0 Å². The Morgan fingerprint density at radius 1 is 1.27 bits per heavy atom. The molecule has 0 aromatic rings. The summed E-state index contributed by atoms with van der Waals surface area (Å²) in [4.78, 5) is 10.9. The normalized spacial score (nSPS) is 11.0. The Balaban J connectivity index is 3.94. The highest BCUT2D eigenvalue weighted by atomic mass is 16.6. The highest BCUT2D eigenvalue weighted by molar-refractivity contribution is 5.86. The second-order valence-electron chi connectivity index (χ2n) is 1.81. The van der Waals surface area contributed by atoms with E-state index >= 15 is 0 Å². The summed E-state index contributed by atoms with van der Waals surface area (Å²) < 4.78 is 9.71. The summed E-state index contributed by atoms with van der Waals surface area (Å²) in [5.74, 6) is -0.105. The quantitative estimate of drug-likeness (QED) is 0.353. The number of rotatable bonds is 4. The van der Waals surface area contributed by atoms with Crippen molar-refractivity contribution in [2.24, 2.45) is 0 Å². The molecule has 0 aliphatic heterocycles. The largest absolute Gasteiger partial charge is 0.487 e. The van der Waals surface area contributed by atoms with Crippen LogP contribution in [0, 0.1) is 0 Å². The van der Waals surface area contributed by atoms with Gasteiger partial charge in [-0.25, -0.2) is 4.79 Å². The van der Waals surface area contributed by atoms with Gasteiger partial charge in [0.05, 0.1) is 13.2 Å². The molecular formula is C8H14O3. The number of hydrogen-bond acceptors (Lipinski definition) is 3. The smallest absolute Gasteiger partial charge is 0.373 e. The summed E-state index contributed by atoms with van der Waals surface area (Å²) in [6.45, 7) is 6.18. The van der Waals surface area contributed by atoms with E-state index in [2.05, 4.69) is 0 Å². The number of hydrogen-bond donors (Lipinski definition) is 0. The molecule has 0 aromatic heterocycles. The zero-order valence-corrected chi connectivity index (χ0v) is 7.22. The minimum Gasteiger partial charge on any atom is -0.487 e. The third-order valence-electron chi connectivity index (χ3n) is 1.04. The van der Waals surface area contributed by atoms with E-state index in [-0.39, 0.29) is 5.76 Å². The summed E-state index contributed by atoms with van der Waals surface area (Å²) in [6.07, 6.45) is 1.60. The molecule has 0 saturated carbocycles. The first-order valence-corrected chi connectivity index (χ1v) is 3.72. The lowest BCUT2D eigenvalue weighted by atomic mass is 10.4. The van der Waals surface area contributed by atoms with Crippen LogP contribution in [0.25, 0.3) is 0 Å². The molecule has 0 bridgehead atoms. The van der Waals surface area contributed by atoms with Crippen molar-refractivity contribution in [1.82, 2.24) is 0 Å². The standard InChI is InChI=1S/C8H14O3/c1-4-7(10-5-2)8(9)11-6-3/h4H,5-6H2,1-3H3. The summed E-state index contributed by atoms with van der Waals surface area (Å²) in [5.41, 5.74) is 0. The van der Waals surface area contributed by atoms with Crippen LogP contribution in [0.1, 0.15) is 20.8 Å². The molecule has 0 heterocycles. The Kier molecular flexibility index (Phi) is 5.25. The van der Waals surface area contributed by atoms with Crippen LogP contribution < -0.4 is 0 Å². The van der Waals surface area contributed by atoms with Crippen LogP contribution in [0.15, 0.2) is 11.8 Å². The van der Waals surface area contributed by atoms with Crippen molar-refractivity contribution in [1.29, 1.82) is 0 Å². The van der Waals surface area contributed by atoms with Gasteiger partial charge in [-0.1, -0.05) is 0 Å². The maximum atomic E-state index is 10.9. The second-order valence-corrected chi connectivity index (χ2v) is 1.81. The van der Waals surface area contributed by atoms with Crippen LogP contribution in [-0.4, -0.2) is 19.2 Å². The molecule has 0 aliphatic carbocycles. The van der Waals surface area contributed by atoms with Gasteiger partial charge in [-0.3, -0.25) is 0 Å². The predicted molar refractivity (Wildman–Crippen MR) is 42.0 cm³/mol. The van der Waals surface area contributed by atoms with Crippen molar-refractivity contribution in [2.45, 2.75) is 20.8 Å². The average molecular weight is 158 g/mol. The lowest BCUT2D eigenvalue weighted by Crippen LogP contribution is -2.10. The maximum Gasteiger partial charge on any atom is 0.373 e. The highest BCUT2D eigenvalue weighted by Gasteiger charge is 2.08. The molecule has 0 saturated heterocycles. The molecule has 0 N–H and O–H groups in total. The van der Waals surface area contributed by atoms with Crippen molar-refractivity contribution in [3.05, 3.63) is 11.8 Å². The SMILES string of the molecule is CC=C(OCC)C(=O)OCC. The topological polar surface area (TPSA) is 35.5 Å². The van der Waals surface area contributed by atoms with Gasteiger partial charge in [0.1, 0.15) is 0 Å². The molecule has 0 amide bonds. The number of carbonyl (C=O) groups is 1. The van der Waals surface area contributed by atoms with Gasteiger partial charge in [0.15, 0.2) is 5.76 Å². The molecule has 0 aliphatic rings. The fourth-order valence-corrected chi connectivity index (χ4v) is 0.618. The van der Waals surface area contributed by atoms with Gasteiger partial charge in [-0.2, -0.15) is 0 Å². The van der Waals surface area contributed by atoms with Gasteiger partial charge < -0.3 is 9.47 Å². The van der Waals surface area contributed by atoms with E-state index in [1.807, 2.05) is 6.92 Å². The Bertz CT molecular complexity index is 149. The van der Waals surface area contributed by atoms with Crippen LogP contribution in [0.5, 0.6) is 0 Å². The third-order valence-corrected chi connectivity index (χ3v) is 1.04. The van der Waals surface area contributed by atoms with E-state index in [1.165, 1.54) is 0 Å². The first kappa shape index (κ1) is 10.0. The van der Waals surface area contributed by atoms with Crippen molar-refractivity contribution in [3.8, 4) is 0 Å². The number of ether oxygens (including phenoxy) is 2. The summed E-state index contributed by atoms with van der Waals surface area (Å²) in [7, 11) is 0. The molecule has 0 rings (SSSR count). The summed E-state index contributed by atoms with van der Waals surface area (Å²) in [5, 5.41) is 0. The lowest BCUT2D eigenvalue weighted by Gasteiger charge is -2.05. The number of esters is 1. The molecule has 3 nitrogen and oxygen atoms in total. The minimum atomic E-state index is -0.392. The predicted octanol–water partition coefficient (Wildman–Crippen LogP) is 1.49. The molecule has 0 spiro atoms. The molecule has 11 heavy (non-hydrogen) atoms. The van der Waals surface area contributed by atoms with E-state index in [1.54, 1.807) is 19.9 Å². The fourth-order valence-electron chi connectivity index (χ4n) is 0.618. The Morgan fingerprint density at radius 2 is 1.82 bits per heavy atom. The molecule has 0 radical (unpaired) electrons. The zero-order chi connectivity index (χ0) is 8.69. The highest BCUT2D eigenvalue weighted by Crippen LogP contribution is 1.99. The lowest BCUT2D eigenvalue weighted by molar-refractivity contribution is -0.142. The third kappa shape index (κ3) is 3.65. The maximum absolute atomic E-state index is 10.9. The van der Waals surface area contributed by atoms with Crippen molar-refractivity contribution in [3.63, 3.8) is 0 Å². The molecule has 0 fully saturated rings. The molecule has 3 heteroatoms. The van der Waals surface area contributed by atoms with Crippen LogP contribution in [0.3, 0.4) is 0 Å². The van der Waals surface area contributed by atoms with Gasteiger partial charge in [-0.05, 0) is 26.8 Å². The van der Waals surface area contributed by atoms with E-state index < -0.39 is 5.97 Å². The minimum absolute atomic E-state index is 0.286. The van der Waals surface area contributed by atoms with Crippen LogP contribution in [0.2, 0.25) is 0 Å². The first-order valence-electron chi connectivity index (χ1n) is 3.72. The van der Waals surface area contributed by atoms with Gasteiger partial charge >= 0.3 is 5.97 Å². The van der Waals surface area contributed by atoms with Crippen LogP contribution in [0.4, 0.5) is 0 Å². The van der Waals surface area contributed by atoms with Crippen LogP contribution in [-0.2, 0) is 14.3 Å². The zero-order valence-electron chi connectivity index (χ0n) is 7.22. The van der Waals surface area contributed by atoms with E-state index in [0.717, 1.165) is 0 Å². The number of carbonyl (C=O) groups excluding carboxylic acids is 1. The molecular weight excluding hydrogens is 144 g/mol. The van der Waals surface area contributed by atoms with E-state index in [0.29, 0.717) is 13.2 Å². The van der Waals surface area contributed by atoms with Gasteiger partial charge in [0, 0.05) is 0 Å². The average Bonchev–Trinajstić information content (AvgIpc) is 2.00. The molecule has 0 aromatic carbocycles. The molecule has 64 valence electrons. The fraction of sp³-hybridized carbons (Fsp3) is 0.625. The van der Waals surface area contributed by atoms with Crippen molar-refractivity contribution >= 4 is 5.97 Å². The monoisotopic (exact) mass is 158 g/mol. The van der Waals surface area contributed by atoms with Crippen molar-refractivity contribution < 1.29 is 14.3 Å². The van der Waals surface area contributed by atoms with Crippen molar-refractivity contribution in [2.75, 3.05) is 13.2 Å². The summed E-state index contributed by atoms with van der Waals surface area (Å²) >= 11 is 0. The van der Waals surface area contributed by atoms with E-state index in [9.17, 15) is 4.79 Å². The van der Waals surface area contributed by atoms with Gasteiger partial charge in [-0.15, -0.1) is 0 Å². The van der Waals surface area contributed by atoms with Crippen LogP contribution >= 0.6 is 0 Å². The Morgan fingerprint density at radius 3 is 2.18 bits per heavy atom. The van der Waals surface area contributed by atoms with Gasteiger partial charge in [0.2, 0.25) is 0 Å². The summed E-state index contributed by atoms with van der Waals surface area (Å²) in [6, 6.07) is 0. The second kappa shape index (κ2) is 5.77. The van der Waals surface area contributed by atoms with Gasteiger partial charge in [0.25, 0.3) is 0 Å². The number of allylic oxidation sites excluding steroid dienone is 1. The van der Waals surface area contributed by atoms with E-state index in [4.69, 9.17) is 9.47 Å². The Hall–Kier alpha value is -0.990. The molecule has 0 unspecified atom stereocenters. The molecule has 0 atom stereocenters.